The van der Waals surface area contributed by atoms with Gasteiger partial charge in [0.15, 0.2) is 0 Å². The summed E-state index contributed by atoms with van der Waals surface area (Å²) in [5.74, 6) is -0.767. The summed E-state index contributed by atoms with van der Waals surface area (Å²) >= 11 is 0. The van der Waals surface area contributed by atoms with Crippen molar-refractivity contribution in [2.75, 3.05) is 11.9 Å². The van der Waals surface area contributed by atoms with Crippen molar-refractivity contribution in [3.05, 3.63) is 24.3 Å². The number of rotatable bonds is 6. The quantitative estimate of drug-likeness (QED) is 0.759. The van der Waals surface area contributed by atoms with E-state index in [9.17, 15) is 18.0 Å². The number of ether oxygens (including phenoxy) is 1. The molecule has 2 N–H and O–H groups in total. The molecule has 0 unspecified atom stereocenters. The first kappa shape index (κ1) is 18.4. The summed E-state index contributed by atoms with van der Waals surface area (Å²) < 4.78 is 32.9. The zero-order valence-corrected chi connectivity index (χ0v) is 14.6. The summed E-state index contributed by atoms with van der Waals surface area (Å²) in [6, 6.07) is 5.78. The summed E-state index contributed by atoms with van der Waals surface area (Å²) in [7, 11) is -3.87. The van der Waals surface area contributed by atoms with E-state index in [1.54, 1.807) is 6.92 Å². The first-order valence-corrected chi connectivity index (χ1v) is 9.36. The van der Waals surface area contributed by atoms with Gasteiger partial charge in [-0.2, -0.15) is 4.72 Å². The van der Waals surface area contributed by atoms with Gasteiger partial charge in [-0.05, 0) is 44.0 Å². The Kier molecular flexibility index (Phi) is 5.61. The van der Waals surface area contributed by atoms with Crippen LogP contribution in [-0.4, -0.2) is 32.4 Å². The van der Waals surface area contributed by atoms with E-state index in [0.29, 0.717) is 18.5 Å². The van der Waals surface area contributed by atoms with Gasteiger partial charge in [-0.25, -0.2) is 8.42 Å². The smallest absolute Gasteiger partial charge is 0.327 e. The summed E-state index contributed by atoms with van der Waals surface area (Å²) in [4.78, 5) is 23.3. The van der Waals surface area contributed by atoms with Crippen molar-refractivity contribution in [2.24, 2.45) is 0 Å². The van der Waals surface area contributed by atoms with Crippen LogP contribution in [0.4, 0.5) is 5.69 Å². The number of carbonyl (C=O) groups excluding carboxylic acids is 2. The molecule has 1 amide bonds. The van der Waals surface area contributed by atoms with Crippen LogP contribution in [0.1, 0.15) is 39.5 Å². The van der Waals surface area contributed by atoms with Crippen molar-refractivity contribution in [1.29, 1.82) is 0 Å². The van der Waals surface area contributed by atoms with Crippen LogP contribution in [0.15, 0.2) is 29.2 Å². The lowest BCUT2D eigenvalue weighted by Gasteiger charge is -2.27. The van der Waals surface area contributed by atoms with Crippen molar-refractivity contribution >= 4 is 27.6 Å². The molecular formula is C16H22N2O5S. The molecule has 0 spiro atoms. The highest BCUT2D eigenvalue weighted by atomic mass is 32.2. The molecular weight excluding hydrogens is 332 g/mol. The van der Waals surface area contributed by atoms with Crippen molar-refractivity contribution in [3.8, 4) is 0 Å². The average molecular weight is 354 g/mol. The highest BCUT2D eigenvalue weighted by molar-refractivity contribution is 7.89. The molecule has 1 aliphatic rings. The van der Waals surface area contributed by atoms with Gasteiger partial charge in [0.1, 0.15) is 5.54 Å². The molecule has 1 saturated carbocycles. The van der Waals surface area contributed by atoms with Crippen LogP contribution < -0.4 is 10.0 Å². The third-order valence-corrected chi connectivity index (χ3v) is 5.49. The SMILES string of the molecule is CCOC(=O)C1(NS(=O)(=O)c2ccc(NC(C)=O)cc2)CCCC1. The molecule has 0 atom stereocenters. The molecule has 7 nitrogen and oxygen atoms in total. The number of hydrogen-bond donors (Lipinski definition) is 2. The van der Waals surface area contributed by atoms with E-state index in [0.717, 1.165) is 12.8 Å². The van der Waals surface area contributed by atoms with Gasteiger partial charge in [-0.3, -0.25) is 9.59 Å². The number of carbonyl (C=O) groups is 2. The number of amides is 1. The summed E-state index contributed by atoms with van der Waals surface area (Å²) in [5.41, 5.74) is -0.687. The minimum Gasteiger partial charge on any atom is -0.465 e. The van der Waals surface area contributed by atoms with E-state index in [1.807, 2.05) is 0 Å². The van der Waals surface area contributed by atoms with Crippen molar-refractivity contribution in [1.82, 2.24) is 4.72 Å². The van der Waals surface area contributed by atoms with Gasteiger partial charge in [0, 0.05) is 12.6 Å². The Morgan fingerprint density at radius 2 is 1.75 bits per heavy atom. The van der Waals surface area contributed by atoms with E-state index in [2.05, 4.69) is 10.0 Å². The number of anilines is 1. The van der Waals surface area contributed by atoms with Crippen LogP contribution in [0.3, 0.4) is 0 Å². The van der Waals surface area contributed by atoms with Crippen LogP contribution in [0.5, 0.6) is 0 Å². The van der Waals surface area contributed by atoms with E-state index >= 15 is 0 Å². The lowest BCUT2D eigenvalue weighted by molar-refractivity contribution is -0.150. The Bertz CT molecular complexity index is 706. The van der Waals surface area contributed by atoms with E-state index in [4.69, 9.17) is 4.74 Å². The molecule has 24 heavy (non-hydrogen) atoms. The van der Waals surface area contributed by atoms with Gasteiger partial charge in [-0.15, -0.1) is 0 Å². The first-order valence-electron chi connectivity index (χ1n) is 7.88. The molecule has 1 aromatic rings. The number of esters is 1. The molecule has 1 aromatic carbocycles. The van der Waals surface area contributed by atoms with Crippen LogP contribution in [-0.2, 0) is 24.3 Å². The zero-order valence-electron chi connectivity index (χ0n) is 13.8. The minimum atomic E-state index is -3.87. The van der Waals surface area contributed by atoms with E-state index in [-0.39, 0.29) is 17.4 Å². The predicted octanol–water partition coefficient (Wildman–Crippen LogP) is 1.80. The Labute approximate surface area is 141 Å². The summed E-state index contributed by atoms with van der Waals surface area (Å²) in [6.07, 6.45) is 2.38. The molecule has 0 radical (unpaired) electrons. The van der Waals surface area contributed by atoms with Crippen molar-refractivity contribution in [2.45, 2.75) is 50.0 Å². The average Bonchev–Trinajstić information content (AvgIpc) is 2.96. The lowest BCUT2D eigenvalue weighted by Crippen LogP contribution is -2.53. The molecule has 2 rings (SSSR count). The second-order valence-electron chi connectivity index (χ2n) is 5.82. The van der Waals surface area contributed by atoms with Crippen molar-refractivity contribution in [3.63, 3.8) is 0 Å². The maximum atomic E-state index is 12.6. The van der Waals surface area contributed by atoms with Gasteiger partial charge in [0.05, 0.1) is 11.5 Å². The second-order valence-corrected chi connectivity index (χ2v) is 7.50. The minimum absolute atomic E-state index is 0.0344. The predicted molar refractivity (Wildman–Crippen MR) is 88.9 cm³/mol. The van der Waals surface area contributed by atoms with Crippen molar-refractivity contribution < 1.29 is 22.7 Å². The van der Waals surface area contributed by atoms with Crippen LogP contribution in [0, 0.1) is 0 Å². The monoisotopic (exact) mass is 354 g/mol. The Morgan fingerprint density at radius 3 is 2.25 bits per heavy atom. The number of sulfonamides is 1. The Morgan fingerprint density at radius 1 is 1.17 bits per heavy atom. The highest BCUT2D eigenvalue weighted by Gasteiger charge is 2.45. The fourth-order valence-corrected chi connectivity index (χ4v) is 4.25. The van der Waals surface area contributed by atoms with E-state index < -0.39 is 21.5 Å². The van der Waals surface area contributed by atoms with Gasteiger partial charge in [-0.1, -0.05) is 12.8 Å². The van der Waals surface area contributed by atoms with Crippen LogP contribution in [0.25, 0.3) is 0 Å². The molecule has 8 heteroatoms. The largest absolute Gasteiger partial charge is 0.465 e. The number of hydrogen-bond acceptors (Lipinski definition) is 5. The molecule has 132 valence electrons. The molecule has 0 aliphatic heterocycles. The molecule has 0 saturated heterocycles. The van der Waals surface area contributed by atoms with Gasteiger partial charge < -0.3 is 10.1 Å². The van der Waals surface area contributed by atoms with Crippen LogP contribution >= 0.6 is 0 Å². The maximum absolute atomic E-state index is 12.6. The fourth-order valence-electron chi connectivity index (χ4n) is 2.83. The molecule has 0 heterocycles. The topological polar surface area (TPSA) is 102 Å². The van der Waals surface area contributed by atoms with Gasteiger partial charge >= 0.3 is 5.97 Å². The number of benzene rings is 1. The zero-order chi connectivity index (χ0) is 17.8. The van der Waals surface area contributed by atoms with Gasteiger partial charge in [0.2, 0.25) is 15.9 Å². The van der Waals surface area contributed by atoms with Crippen LogP contribution in [0.2, 0.25) is 0 Å². The molecule has 0 aromatic heterocycles. The third kappa shape index (κ3) is 4.12. The second kappa shape index (κ2) is 7.31. The Hall–Kier alpha value is -1.93. The molecule has 1 aliphatic carbocycles. The van der Waals surface area contributed by atoms with Gasteiger partial charge in [0.25, 0.3) is 0 Å². The number of nitrogens with one attached hydrogen (secondary N) is 2. The maximum Gasteiger partial charge on any atom is 0.327 e. The third-order valence-electron chi connectivity index (χ3n) is 3.94. The normalized spacial score (nSPS) is 16.6. The summed E-state index contributed by atoms with van der Waals surface area (Å²) in [5, 5.41) is 2.57. The summed E-state index contributed by atoms with van der Waals surface area (Å²) in [6.45, 7) is 3.26. The Balaban J connectivity index is 2.22. The van der Waals surface area contributed by atoms with E-state index in [1.165, 1.54) is 31.2 Å². The highest BCUT2D eigenvalue weighted by Crippen LogP contribution is 2.32. The molecule has 1 fully saturated rings. The standard InChI is InChI=1S/C16H22N2O5S/c1-3-23-15(20)16(10-4-5-11-16)18-24(21,22)14-8-6-13(7-9-14)17-12(2)19/h6-9,18H,3-5,10-11H2,1-2H3,(H,17,19). The first-order chi connectivity index (χ1) is 11.3. The fraction of sp³-hybridized carbons (Fsp3) is 0.500. The lowest BCUT2D eigenvalue weighted by atomic mass is 10.00. The molecule has 0 bridgehead atoms.